The van der Waals surface area contributed by atoms with Crippen LogP contribution in [0.5, 0.6) is 0 Å². The summed E-state index contributed by atoms with van der Waals surface area (Å²) in [5.74, 6) is 6.11. The zero-order chi connectivity index (χ0) is 35.3. The molecule has 48 heavy (non-hydrogen) atoms. The SMILES string of the molecule is C#Cc1cc([C@@H]2O[C@H](CO)[C@@H](O)[C@@]2(C)O)n2ncnc(N)c12.C[C@@]1(O)[C@H](O)[C@@H](CO)O[C@H]1c1cc(C#C[Si](C)(C)C)c2c(N)ncnn12. The first-order valence-corrected chi connectivity index (χ1v) is 18.5. The number of hydrogen-bond donors (Lipinski definition) is 8. The van der Waals surface area contributed by atoms with E-state index in [0.717, 1.165) is 0 Å². The number of aromatic nitrogens is 6. The van der Waals surface area contributed by atoms with Crippen LogP contribution in [0.3, 0.4) is 0 Å². The van der Waals surface area contributed by atoms with E-state index in [0.29, 0.717) is 33.5 Å². The molecular weight excluding hydrogens is 640 g/mol. The molecule has 6 heterocycles. The maximum absolute atomic E-state index is 10.8. The van der Waals surface area contributed by atoms with Crippen LogP contribution < -0.4 is 11.5 Å². The summed E-state index contributed by atoms with van der Waals surface area (Å²) in [4.78, 5) is 7.93. The van der Waals surface area contributed by atoms with Gasteiger partial charge in [-0.1, -0.05) is 31.5 Å². The Balaban J connectivity index is 0.000000190. The Labute approximate surface area is 277 Å². The van der Waals surface area contributed by atoms with E-state index in [9.17, 15) is 30.6 Å². The first-order valence-electron chi connectivity index (χ1n) is 15.0. The molecule has 6 rings (SSSR count). The van der Waals surface area contributed by atoms with Crippen molar-refractivity contribution in [1.29, 1.82) is 0 Å². The molecule has 2 saturated heterocycles. The van der Waals surface area contributed by atoms with Gasteiger partial charge in [-0.2, -0.15) is 10.2 Å². The predicted octanol–water partition coefficient (Wildman–Crippen LogP) is -1.08. The van der Waals surface area contributed by atoms with Crippen molar-refractivity contribution >= 4 is 30.7 Å². The van der Waals surface area contributed by atoms with Crippen LogP contribution in [0.2, 0.25) is 19.6 Å². The third-order valence-corrected chi connectivity index (χ3v) is 9.31. The van der Waals surface area contributed by atoms with Gasteiger partial charge in [0.15, 0.2) is 11.6 Å². The number of aliphatic hydroxyl groups is 6. The molecule has 4 aromatic heterocycles. The number of nitrogens with zero attached hydrogens (tertiary/aromatic N) is 6. The highest BCUT2D eigenvalue weighted by molar-refractivity contribution is 6.83. The summed E-state index contributed by atoms with van der Waals surface area (Å²) in [6, 6.07) is 3.35. The van der Waals surface area contributed by atoms with Gasteiger partial charge in [0.2, 0.25) is 0 Å². The molecular formula is C31H40N8O8Si. The van der Waals surface area contributed by atoms with Gasteiger partial charge in [0.25, 0.3) is 0 Å². The van der Waals surface area contributed by atoms with Gasteiger partial charge >= 0.3 is 0 Å². The number of fused-ring (bicyclic) bond motifs is 2. The molecule has 10 N–H and O–H groups in total. The zero-order valence-corrected chi connectivity index (χ0v) is 28.1. The molecule has 0 aromatic carbocycles. The lowest BCUT2D eigenvalue weighted by atomic mass is 9.91. The molecule has 16 nitrogen and oxygen atoms in total. The summed E-state index contributed by atoms with van der Waals surface area (Å²) in [6.07, 6.45) is 1.94. The fraction of sp³-hybridized carbons (Fsp3) is 0.484. The maximum atomic E-state index is 10.8. The normalized spacial score (nSPS) is 30.1. The summed E-state index contributed by atoms with van der Waals surface area (Å²) in [5.41, 5.74) is 14.9. The summed E-state index contributed by atoms with van der Waals surface area (Å²) in [7, 11) is -1.63. The van der Waals surface area contributed by atoms with Crippen molar-refractivity contribution in [1.82, 2.24) is 29.2 Å². The first-order chi connectivity index (χ1) is 22.5. The largest absolute Gasteiger partial charge is 0.394 e. The van der Waals surface area contributed by atoms with Crippen LogP contribution in [0.25, 0.3) is 11.0 Å². The fourth-order valence-corrected chi connectivity index (χ4v) is 6.39. The predicted molar refractivity (Wildman–Crippen MR) is 176 cm³/mol. The molecule has 0 spiro atoms. The molecule has 2 aliphatic rings. The minimum absolute atomic E-state index is 0.200. The van der Waals surface area contributed by atoms with E-state index >= 15 is 0 Å². The van der Waals surface area contributed by atoms with Crippen molar-refractivity contribution in [3.63, 3.8) is 0 Å². The van der Waals surface area contributed by atoms with Crippen LogP contribution in [-0.2, 0) is 9.47 Å². The van der Waals surface area contributed by atoms with Crippen LogP contribution in [0.1, 0.15) is 48.6 Å². The van der Waals surface area contributed by atoms with E-state index in [1.54, 1.807) is 12.1 Å². The smallest absolute Gasteiger partial charge is 0.152 e. The van der Waals surface area contributed by atoms with E-state index in [1.807, 2.05) is 0 Å². The second-order valence-corrected chi connectivity index (χ2v) is 18.0. The molecule has 256 valence electrons. The number of terminal acetylenes is 1. The van der Waals surface area contributed by atoms with Crippen LogP contribution in [-0.4, -0.2) is 117 Å². The number of hydrogen-bond acceptors (Lipinski definition) is 14. The molecule has 0 unspecified atom stereocenters. The maximum Gasteiger partial charge on any atom is 0.152 e. The highest BCUT2D eigenvalue weighted by Gasteiger charge is 2.54. The Kier molecular flexibility index (Phi) is 9.31. The number of rotatable bonds is 4. The zero-order valence-electron chi connectivity index (χ0n) is 27.1. The Hall–Kier alpha value is -4.14. The summed E-state index contributed by atoms with van der Waals surface area (Å²) in [6.45, 7) is 8.46. The lowest BCUT2D eigenvalue weighted by Gasteiger charge is -2.26. The highest BCUT2D eigenvalue weighted by atomic mass is 28.3. The van der Waals surface area contributed by atoms with Gasteiger partial charge in [0.1, 0.15) is 79.6 Å². The van der Waals surface area contributed by atoms with Crippen LogP contribution in [0, 0.1) is 23.8 Å². The van der Waals surface area contributed by atoms with Crippen molar-refractivity contribution < 1.29 is 40.1 Å². The average Bonchev–Trinajstić information content (AvgIpc) is 3.72. The molecule has 2 aliphatic heterocycles. The average molecular weight is 681 g/mol. The Morgan fingerprint density at radius 2 is 1.25 bits per heavy atom. The molecule has 4 aromatic rings. The lowest BCUT2D eigenvalue weighted by molar-refractivity contribution is -0.0665. The van der Waals surface area contributed by atoms with Gasteiger partial charge in [0.05, 0.1) is 35.7 Å². The minimum Gasteiger partial charge on any atom is -0.394 e. The van der Waals surface area contributed by atoms with Crippen molar-refractivity contribution in [2.45, 2.75) is 81.3 Å². The summed E-state index contributed by atoms with van der Waals surface area (Å²) < 4.78 is 14.3. The van der Waals surface area contributed by atoms with Gasteiger partial charge < -0.3 is 51.6 Å². The topological polar surface area (TPSA) is 252 Å². The molecule has 0 amide bonds. The van der Waals surface area contributed by atoms with Gasteiger partial charge in [0, 0.05) is 0 Å². The number of nitrogens with two attached hydrogens (primary N) is 2. The van der Waals surface area contributed by atoms with E-state index in [2.05, 4.69) is 57.2 Å². The second-order valence-electron chi connectivity index (χ2n) is 13.2. The Bertz CT molecular complexity index is 1940. The summed E-state index contributed by atoms with van der Waals surface area (Å²) >= 11 is 0. The van der Waals surface area contributed by atoms with Crippen molar-refractivity contribution in [2.75, 3.05) is 24.7 Å². The Morgan fingerprint density at radius 3 is 1.62 bits per heavy atom. The van der Waals surface area contributed by atoms with Crippen molar-refractivity contribution in [3.05, 3.63) is 47.3 Å². The third-order valence-electron chi connectivity index (χ3n) is 8.43. The molecule has 0 radical (unpaired) electrons. The van der Waals surface area contributed by atoms with E-state index in [1.165, 1.54) is 35.5 Å². The van der Waals surface area contributed by atoms with E-state index in [4.69, 9.17) is 27.4 Å². The molecule has 0 aliphatic carbocycles. The number of nitrogen functional groups attached to an aromatic ring is 2. The van der Waals surface area contributed by atoms with Gasteiger partial charge in [-0.3, -0.25) is 0 Å². The van der Waals surface area contributed by atoms with E-state index < -0.39 is 69.1 Å². The fourth-order valence-electron chi connectivity index (χ4n) is 5.88. The minimum atomic E-state index is -1.63. The van der Waals surface area contributed by atoms with Crippen molar-refractivity contribution in [2.24, 2.45) is 0 Å². The second kappa shape index (κ2) is 12.7. The van der Waals surface area contributed by atoms with Gasteiger partial charge in [-0.05, 0) is 26.0 Å². The third kappa shape index (κ3) is 6.01. The van der Waals surface area contributed by atoms with E-state index in [-0.39, 0.29) is 11.6 Å². The lowest BCUT2D eigenvalue weighted by Crippen LogP contribution is -2.43. The molecule has 0 saturated carbocycles. The quantitative estimate of drug-likeness (QED) is 0.0943. The molecule has 17 heteroatoms. The monoisotopic (exact) mass is 680 g/mol. The number of ether oxygens (including phenoxy) is 2. The van der Waals surface area contributed by atoms with Crippen molar-refractivity contribution in [3.8, 4) is 23.8 Å². The van der Waals surface area contributed by atoms with Crippen LogP contribution >= 0.6 is 0 Å². The summed E-state index contributed by atoms with van der Waals surface area (Å²) in [5, 5.41) is 68.7. The molecule has 8 atom stereocenters. The molecule has 0 bridgehead atoms. The van der Waals surface area contributed by atoms with Crippen LogP contribution in [0.4, 0.5) is 11.6 Å². The molecule has 2 fully saturated rings. The van der Waals surface area contributed by atoms with Gasteiger partial charge in [-0.15, -0.1) is 12.0 Å². The Morgan fingerprint density at radius 1 is 0.833 bits per heavy atom. The van der Waals surface area contributed by atoms with Crippen LogP contribution in [0.15, 0.2) is 24.8 Å². The standard InChI is InChI=1S/C17H24N4O4Si.C14H16N4O4/c1-17(24)14(23)12(8-22)25-15(17)11-7-10(5-6-26(2,3)4)13-16(18)19-9-20-21(11)13;1-3-7-4-8(18-10(7)13(15)16-6-17-18)12-14(2,21)11(20)9(5-19)22-12/h7,9,12,14-15,22-24H,8H2,1-4H3,(H2,18,19,20);1,4,6,9,11-12,19-21H,5H2,2H3,(H2,15,16,17)/t12-,14-,15+,17-;9-,11-,12+,14-/m11/s1. The first kappa shape index (κ1) is 35.2. The number of aliphatic hydroxyl groups excluding tert-OH is 4. The number of anilines is 2. The highest BCUT2D eigenvalue weighted by Crippen LogP contribution is 2.44. The van der Waals surface area contributed by atoms with Gasteiger partial charge in [-0.25, -0.2) is 19.0 Å².